The Labute approximate surface area is 132 Å². The minimum atomic E-state index is 0.465. The lowest BCUT2D eigenvalue weighted by molar-refractivity contribution is 0.195. The lowest BCUT2D eigenvalue weighted by Crippen LogP contribution is -2.48. The van der Waals surface area contributed by atoms with Gasteiger partial charge in [-0.05, 0) is 37.2 Å². The molecule has 5 nitrogen and oxygen atoms in total. The Balaban J connectivity index is 1.65. The second kappa shape index (κ2) is 8.92. The Morgan fingerprint density at radius 1 is 1.43 bits per heavy atom. The van der Waals surface area contributed by atoms with Crippen LogP contribution in [0.25, 0.3) is 0 Å². The standard InChI is InChI=1S/C15H24N4OS/c1-20-11-8-17-15(21)18-13-5-9-19(10-6-13)12-14-4-2-3-7-16-14/h2-4,7,13H,5-6,8-12H2,1H3,(H2,17,18,21). The largest absolute Gasteiger partial charge is 0.383 e. The van der Waals surface area contributed by atoms with Crippen LogP contribution in [0.2, 0.25) is 0 Å². The summed E-state index contributed by atoms with van der Waals surface area (Å²) in [7, 11) is 1.69. The number of likely N-dealkylation sites (tertiary alicyclic amines) is 1. The van der Waals surface area contributed by atoms with Crippen LogP contribution in [0.3, 0.4) is 0 Å². The number of pyridine rings is 1. The molecule has 1 aliphatic heterocycles. The van der Waals surface area contributed by atoms with Crippen LogP contribution >= 0.6 is 12.2 Å². The molecule has 1 fully saturated rings. The number of thiocarbonyl (C=S) groups is 1. The van der Waals surface area contributed by atoms with Gasteiger partial charge in [-0.1, -0.05) is 6.07 Å². The molecule has 0 aliphatic carbocycles. The van der Waals surface area contributed by atoms with Gasteiger partial charge in [0.1, 0.15) is 0 Å². The average molecular weight is 308 g/mol. The van der Waals surface area contributed by atoms with Gasteiger partial charge in [-0.2, -0.15) is 0 Å². The molecule has 1 aromatic rings. The summed E-state index contributed by atoms with van der Waals surface area (Å²) < 4.78 is 4.99. The van der Waals surface area contributed by atoms with Crippen molar-refractivity contribution in [2.75, 3.05) is 33.4 Å². The Hall–Kier alpha value is -1.24. The van der Waals surface area contributed by atoms with Crippen molar-refractivity contribution in [1.82, 2.24) is 20.5 Å². The molecule has 0 aromatic carbocycles. The number of piperidine rings is 1. The molecule has 0 amide bonds. The van der Waals surface area contributed by atoms with Crippen molar-refractivity contribution in [3.63, 3.8) is 0 Å². The van der Waals surface area contributed by atoms with Crippen molar-refractivity contribution in [3.05, 3.63) is 30.1 Å². The van der Waals surface area contributed by atoms with E-state index in [4.69, 9.17) is 17.0 Å². The fourth-order valence-electron chi connectivity index (χ4n) is 2.46. The van der Waals surface area contributed by atoms with E-state index >= 15 is 0 Å². The third-order valence-electron chi connectivity index (χ3n) is 3.63. The van der Waals surface area contributed by atoms with Crippen LogP contribution in [-0.2, 0) is 11.3 Å². The number of hydrogen-bond donors (Lipinski definition) is 2. The quantitative estimate of drug-likeness (QED) is 0.607. The second-order valence-corrected chi connectivity index (χ2v) is 5.67. The number of aromatic nitrogens is 1. The SMILES string of the molecule is COCCNC(=S)NC1CCN(Cc2ccccn2)CC1. The highest BCUT2D eigenvalue weighted by Gasteiger charge is 2.19. The highest BCUT2D eigenvalue weighted by atomic mass is 32.1. The average Bonchev–Trinajstić information content (AvgIpc) is 2.51. The Kier molecular flexibility index (Phi) is 6.85. The molecule has 0 bridgehead atoms. The van der Waals surface area contributed by atoms with E-state index in [1.54, 1.807) is 7.11 Å². The molecular weight excluding hydrogens is 284 g/mol. The molecule has 2 heterocycles. The van der Waals surface area contributed by atoms with E-state index in [-0.39, 0.29) is 0 Å². The van der Waals surface area contributed by atoms with E-state index in [2.05, 4.69) is 26.6 Å². The predicted octanol–water partition coefficient (Wildman–Crippen LogP) is 1.16. The van der Waals surface area contributed by atoms with Crippen LogP contribution in [0.5, 0.6) is 0 Å². The first-order valence-corrected chi connectivity index (χ1v) is 7.84. The van der Waals surface area contributed by atoms with E-state index in [0.29, 0.717) is 12.6 Å². The molecule has 1 saturated heterocycles. The van der Waals surface area contributed by atoms with Gasteiger partial charge in [0.05, 0.1) is 12.3 Å². The minimum Gasteiger partial charge on any atom is -0.383 e. The van der Waals surface area contributed by atoms with Gasteiger partial charge in [-0.15, -0.1) is 0 Å². The Morgan fingerprint density at radius 2 is 2.24 bits per heavy atom. The molecule has 0 atom stereocenters. The van der Waals surface area contributed by atoms with Gasteiger partial charge in [-0.25, -0.2) is 0 Å². The Bertz CT molecular complexity index is 421. The van der Waals surface area contributed by atoms with Gasteiger partial charge >= 0.3 is 0 Å². The maximum absolute atomic E-state index is 5.28. The van der Waals surface area contributed by atoms with Crippen LogP contribution in [0.1, 0.15) is 18.5 Å². The summed E-state index contributed by atoms with van der Waals surface area (Å²) in [6, 6.07) is 6.55. The summed E-state index contributed by atoms with van der Waals surface area (Å²) >= 11 is 5.28. The van der Waals surface area contributed by atoms with Crippen LogP contribution in [0.15, 0.2) is 24.4 Å². The van der Waals surface area contributed by atoms with Crippen LogP contribution in [0.4, 0.5) is 0 Å². The van der Waals surface area contributed by atoms with Gasteiger partial charge < -0.3 is 15.4 Å². The van der Waals surface area contributed by atoms with Crippen molar-refractivity contribution in [2.24, 2.45) is 0 Å². The summed E-state index contributed by atoms with van der Waals surface area (Å²) in [5.74, 6) is 0. The fourth-order valence-corrected chi connectivity index (χ4v) is 2.73. The number of nitrogens with one attached hydrogen (secondary N) is 2. The summed E-state index contributed by atoms with van der Waals surface area (Å²) in [6.45, 7) is 4.51. The Morgan fingerprint density at radius 3 is 2.90 bits per heavy atom. The second-order valence-electron chi connectivity index (χ2n) is 5.26. The van der Waals surface area contributed by atoms with Crippen molar-refractivity contribution >= 4 is 17.3 Å². The molecular formula is C15H24N4OS. The molecule has 6 heteroatoms. The molecule has 0 unspecified atom stereocenters. The molecule has 1 aliphatic rings. The topological polar surface area (TPSA) is 49.4 Å². The van der Waals surface area contributed by atoms with Crippen molar-refractivity contribution < 1.29 is 4.74 Å². The van der Waals surface area contributed by atoms with Crippen LogP contribution < -0.4 is 10.6 Å². The molecule has 0 spiro atoms. The minimum absolute atomic E-state index is 0.465. The number of rotatable bonds is 6. The van der Waals surface area contributed by atoms with Gasteiger partial charge in [0, 0.05) is 45.5 Å². The van der Waals surface area contributed by atoms with Gasteiger partial charge in [-0.3, -0.25) is 9.88 Å². The third-order valence-corrected chi connectivity index (χ3v) is 3.89. The molecule has 0 radical (unpaired) electrons. The van der Waals surface area contributed by atoms with E-state index < -0.39 is 0 Å². The van der Waals surface area contributed by atoms with Gasteiger partial charge in [0.2, 0.25) is 0 Å². The van der Waals surface area contributed by atoms with E-state index in [0.717, 1.165) is 49.8 Å². The van der Waals surface area contributed by atoms with E-state index in [1.165, 1.54) is 0 Å². The van der Waals surface area contributed by atoms with Gasteiger partial charge in [0.25, 0.3) is 0 Å². The zero-order valence-corrected chi connectivity index (χ0v) is 13.4. The smallest absolute Gasteiger partial charge is 0.166 e. The number of ether oxygens (including phenoxy) is 1. The normalized spacial score (nSPS) is 16.6. The summed E-state index contributed by atoms with van der Waals surface area (Å²) in [5.41, 5.74) is 1.14. The zero-order valence-electron chi connectivity index (χ0n) is 12.5. The van der Waals surface area contributed by atoms with Crippen molar-refractivity contribution in [3.8, 4) is 0 Å². The van der Waals surface area contributed by atoms with Crippen LogP contribution in [-0.4, -0.2) is 54.4 Å². The summed E-state index contributed by atoms with van der Waals surface area (Å²) in [6.07, 6.45) is 4.08. The predicted molar refractivity (Wildman–Crippen MR) is 88.1 cm³/mol. The molecule has 21 heavy (non-hydrogen) atoms. The van der Waals surface area contributed by atoms with Gasteiger partial charge in [0.15, 0.2) is 5.11 Å². The number of hydrogen-bond acceptors (Lipinski definition) is 4. The summed E-state index contributed by atoms with van der Waals surface area (Å²) in [5, 5.41) is 7.27. The lowest BCUT2D eigenvalue weighted by Gasteiger charge is -2.32. The third kappa shape index (κ3) is 5.95. The maximum atomic E-state index is 5.28. The van der Waals surface area contributed by atoms with E-state index in [1.807, 2.05) is 18.3 Å². The van der Waals surface area contributed by atoms with Crippen molar-refractivity contribution in [1.29, 1.82) is 0 Å². The molecule has 2 N–H and O–H groups in total. The first-order valence-electron chi connectivity index (χ1n) is 7.43. The molecule has 116 valence electrons. The number of methoxy groups -OCH3 is 1. The number of nitrogens with zero attached hydrogens (tertiary/aromatic N) is 2. The highest BCUT2D eigenvalue weighted by Crippen LogP contribution is 2.12. The lowest BCUT2D eigenvalue weighted by atomic mass is 10.1. The highest BCUT2D eigenvalue weighted by molar-refractivity contribution is 7.80. The van der Waals surface area contributed by atoms with E-state index in [9.17, 15) is 0 Å². The molecule has 0 saturated carbocycles. The zero-order chi connectivity index (χ0) is 14.9. The molecule has 2 rings (SSSR count). The first-order chi connectivity index (χ1) is 10.3. The monoisotopic (exact) mass is 308 g/mol. The summed E-state index contributed by atoms with van der Waals surface area (Å²) in [4.78, 5) is 6.83. The van der Waals surface area contributed by atoms with Crippen molar-refractivity contribution in [2.45, 2.75) is 25.4 Å². The first kappa shape index (κ1) is 16.1. The molecule has 1 aromatic heterocycles. The maximum Gasteiger partial charge on any atom is 0.166 e. The van der Waals surface area contributed by atoms with Crippen LogP contribution in [0, 0.1) is 0 Å². The fraction of sp³-hybridized carbons (Fsp3) is 0.600.